The van der Waals surface area contributed by atoms with Crippen LogP contribution in [0.1, 0.15) is 5.56 Å². The van der Waals surface area contributed by atoms with E-state index < -0.39 is 6.03 Å². The summed E-state index contributed by atoms with van der Waals surface area (Å²) in [4.78, 5) is 15.8. The number of aromatic nitrogens is 1. The lowest BCUT2D eigenvalue weighted by atomic mass is 10.1. The lowest BCUT2D eigenvalue weighted by molar-refractivity contribution is 0.252. The second kappa shape index (κ2) is 8.61. The largest absolute Gasteiger partial charge is 0.493 e. The molecule has 8 heteroatoms. The van der Waals surface area contributed by atoms with Crippen molar-refractivity contribution in [3.05, 3.63) is 46.2 Å². The highest BCUT2D eigenvalue weighted by molar-refractivity contribution is 6.39. The first-order valence-electron chi connectivity index (χ1n) is 7.10. The average Bonchev–Trinajstić information content (AvgIpc) is 2.58. The predicted molar refractivity (Wildman–Crippen MR) is 94.5 cm³/mol. The van der Waals surface area contributed by atoms with E-state index >= 15 is 0 Å². The van der Waals surface area contributed by atoms with E-state index in [0.717, 1.165) is 5.56 Å². The van der Waals surface area contributed by atoms with Crippen LogP contribution in [-0.2, 0) is 6.42 Å². The number of nitrogens with zero attached hydrogens (tertiary/aromatic N) is 1. The number of carbonyl (C=O) groups is 1. The second-order valence-electron chi connectivity index (χ2n) is 4.80. The number of anilines is 1. The van der Waals surface area contributed by atoms with E-state index in [1.54, 1.807) is 14.2 Å². The smallest absolute Gasteiger partial charge is 0.319 e. The van der Waals surface area contributed by atoms with Gasteiger partial charge in [0.2, 0.25) is 0 Å². The van der Waals surface area contributed by atoms with Gasteiger partial charge in [-0.05, 0) is 24.1 Å². The third-order valence-electron chi connectivity index (χ3n) is 3.24. The number of hydrogen-bond donors (Lipinski definition) is 2. The fourth-order valence-corrected chi connectivity index (χ4v) is 2.50. The number of pyridine rings is 1. The first-order chi connectivity index (χ1) is 11.5. The minimum absolute atomic E-state index is 0.276. The van der Waals surface area contributed by atoms with Gasteiger partial charge in [0.25, 0.3) is 0 Å². The lowest BCUT2D eigenvalue weighted by Gasteiger charge is -2.11. The number of methoxy groups -OCH3 is 2. The van der Waals surface area contributed by atoms with E-state index in [0.29, 0.717) is 30.2 Å². The molecule has 6 nitrogen and oxygen atoms in total. The van der Waals surface area contributed by atoms with Gasteiger partial charge in [-0.3, -0.25) is 4.98 Å². The maximum Gasteiger partial charge on any atom is 0.319 e. The summed E-state index contributed by atoms with van der Waals surface area (Å²) in [6, 6.07) is 5.21. The van der Waals surface area contributed by atoms with Crippen molar-refractivity contribution in [2.24, 2.45) is 0 Å². The van der Waals surface area contributed by atoms with Crippen LogP contribution in [0.5, 0.6) is 11.5 Å². The molecule has 0 fully saturated rings. The SMILES string of the molecule is COc1ccc(CCNC(=O)Nc2c(Cl)cncc2Cl)cc1OC. The molecule has 0 unspecified atom stereocenters. The van der Waals surface area contributed by atoms with Gasteiger partial charge in [0.15, 0.2) is 11.5 Å². The van der Waals surface area contributed by atoms with E-state index in [-0.39, 0.29) is 10.0 Å². The number of amides is 2. The normalized spacial score (nSPS) is 10.2. The number of carbonyl (C=O) groups excluding carboxylic acids is 1. The summed E-state index contributed by atoms with van der Waals surface area (Å²) in [6.45, 7) is 0.432. The molecule has 0 aliphatic carbocycles. The minimum Gasteiger partial charge on any atom is -0.493 e. The summed E-state index contributed by atoms with van der Waals surface area (Å²) in [6.07, 6.45) is 3.45. The number of benzene rings is 1. The van der Waals surface area contributed by atoms with Gasteiger partial charge >= 0.3 is 6.03 Å². The van der Waals surface area contributed by atoms with Crippen LogP contribution < -0.4 is 20.1 Å². The zero-order valence-corrected chi connectivity index (χ0v) is 14.7. The van der Waals surface area contributed by atoms with Crippen LogP contribution in [0.4, 0.5) is 10.5 Å². The van der Waals surface area contributed by atoms with Crippen molar-refractivity contribution < 1.29 is 14.3 Å². The van der Waals surface area contributed by atoms with Gasteiger partial charge in [-0.25, -0.2) is 4.79 Å². The Morgan fingerprint density at radius 2 is 1.79 bits per heavy atom. The van der Waals surface area contributed by atoms with Crippen LogP contribution in [0.2, 0.25) is 10.0 Å². The Hall–Kier alpha value is -2.18. The Kier molecular flexibility index (Phi) is 6.52. The van der Waals surface area contributed by atoms with Crippen LogP contribution in [0, 0.1) is 0 Å². The summed E-state index contributed by atoms with van der Waals surface area (Å²) < 4.78 is 10.4. The first-order valence-corrected chi connectivity index (χ1v) is 7.85. The topological polar surface area (TPSA) is 72.5 Å². The van der Waals surface area contributed by atoms with E-state index in [1.165, 1.54) is 12.4 Å². The molecule has 2 amide bonds. The van der Waals surface area contributed by atoms with Crippen molar-refractivity contribution in [2.45, 2.75) is 6.42 Å². The van der Waals surface area contributed by atoms with Crippen molar-refractivity contribution in [2.75, 3.05) is 26.1 Å². The van der Waals surface area contributed by atoms with E-state index in [4.69, 9.17) is 32.7 Å². The highest BCUT2D eigenvalue weighted by atomic mass is 35.5. The summed E-state index contributed by atoms with van der Waals surface area (Å²) in [7, 11) is 3.16. The molecule has 2 aromatic rings. The van der Waals surface area contributed by atoms with Gasteiger partial charge in [0, 0.05) is 18.9 Å². The Morgan fingerprint density at radius 3 is 2.42 bits per heavy atom. The van der Waals surface area contributed by atoms with Crippen LogP contribution in [-0.4, -0.2) is 31.8 Å². The van der Waals surface area contributed by atoms with Crippen LogP contribution in [0.3, 0.4) is 0 Å². The number of hydrogen-bond acceptors (Lipinski definition) is 4. The monoisotopic (exact) mass is 369 g/mol. The molecule has 2 rings (SSSR count). The van der Waals surface area contributed by atoms with Gasteiger partial charge in [0.05, 0.1) is 30.0 Å². The third kappa shape index (κ3) is 4.66. The van der Waals surface area contributed by atoms with Gasteiger partial charge in [-0.1, -0.05) is 29.3 Å². The molecule has 24 heavy (non-hydrogen) atoms. The maximum atomic E-state index is 11.9. The van der Waals surface area contributed by atoms with E-state index in [1.807, 2.05) is 18.2 Å². The van der Waals surface area contributed by atoms with E-state index in [2.05, 4.69) is 15.6 Å². The fraction of sp³-hybridized carbons (Fsp3) is 0.250. The predicted octanol–water partition coefficient (Wildman–Crippen LogP) is 3.77. The molecular weight excluding hydrogens is 353 g/mol. The number of halogens is 2. The van der Waals surface area contributed by atoms with Crippen LogP contribution in [0.25, 0.3) is 0 Å². The summed E-state index contributed by atoms with van der Waals surface area (Å²) >= 11 is 11.9. The number of nitrogens with one attached hydrogen (secondary N) is 2. The third-order valence-corrected chi connectivity index (χ3v) is 3.81. The molecule has 2 N–H and O–H groups in total. The zero-order chi connectivity index (χ0) is 17.5. The highest BCUT2D eigenvalue weighted by Crippen LogP contribution is 2.29. The van der Waals surface area contributed by atoms with Crippen LogP contribution >= 0.6 is 23.2 Å². The molecule has 0 bridgehead atoms. The fourth-order valence-electron chi connectivity index (χ4n) is 2.04. The second-order valence-corrected chi connectivity index (χ2v) is 5.61. The molecular formula is C16H17Cl2N3O3. The van der Waals surface area contributed by atoms with Crippen LogP contribution in [0.15, 0.2) is 30.6 Å². The Labute approximate surface area is 150 Å². The number of ether oxygens (including phenoxy) is 2. The quantitative estimate of drug-likeness (QED) is 0.812. The van der Waals surface area contributed by atoms with Gasteiger partial charge < -0.3 is 20.1 Å². The highest BCUT2D eigenvalue weighted by Gasteiger charge is 2.10. The average molecular weight is 370 g/mol. The molecule has 1 heterocycles. The lowest BCUT2D eigenvalue weighted by Crippen LogP contribution is -2.30. The summed E-state index contributed by atoms with van der Waals surface area (Å²) in [5.74, 6) is 1.31. The van der Waals surface area contributed by atoms with Crippen molar-refractivity contribution >= 4 is 34.9 Å². The Morgan fingerprint density at radius 1 is 1.12 bits per heavy atom. The molecule has 128 valence electrons. The summed E-state index contributed by atoms with van der Waals surface area (Å²) in [5, 5.41) is 5.90. The molecule has 0 atom stereocenters. The molecule has 0 saturated carbocycles. The summed E-state index contributed by atoms with van der Waals surface area (Å²) in [5.41, 5.74) is 1.34. The van der Waals surface area contributed by atoms with Crippen molar-refractivity contribution in [3.63, 3.8) is 0 Å². The maximum absolute atomic E-state index is 11.9. The van der Waals surface area contributed by atoms with Gasteiger partial charge in [0.1, 0.15) is 0 Å². The molecule has 1 aromatic carbocycles. The standard InChI is InChI=1S/C16H17Cl2N3O3/c1-23-13-4-3-10(7-14(13)24-2)5-6-20-16(22)21-15-11(17)8-19-9-12(15)18/h3-4,7-9H,5-6H2,1-2H3,(H2,19,20,21,22). The molecule has 0 aliphatic rings. The minimum atomic E-state index is -0.398. The molecule has 0 spiro atoms. The number of rotatable bonds is 6. The molecule has 1 aromatic heterocycles. The molecule has 0 aliphatic heterocycles. The van der Waals surface area contributed by atoms with Gasteiger partial charge in [-0.15, -0.1) is 0 Å². The van der Waals surface area contributed by atoms with Crippen molar-refractivity contribution in [1.82, 2.24) is 10.3 Å². The molecule has 0 radical (unpaired) electrons. The Balaban J connectivity index is 1.89. The Bertz CT molecular complexity index is 705. The number of urea groups is 1. The van der Waals surface area contributed by atoms with Crippen molar-refractivity contribution in [1.29, 1.82) is 0 Å². The van der Waals surface area contributed by atoms with E-state index in [9.17, 15) is 4.79 Å². The van der Waals surface area contributed by atoms with Crippen molar-refractivity contribution in [3.8, 4) is 11.5 Å². The zero-order valence-electron chi connectivity index (χ0n) is 13.2. The molecule has 0 saturated heterocycles. The first kappa shape index (κ1) is 18.2. The van der Waals surface area contributed by atoms with Gasteiger partial charge in [-0.2, -0.15) is 0 Å².